The van der Waals surface area contributed by atoms with Gasteiger partial charge >= 0.3 is 5.97 Å². The highest BCUT2D eigenvalue weighted by Crippen LogP contribution is 2.28. The molecular weight excluding hydrogens is 293 g/mol. The molecule has 2 unspecified atom stereocenters. The van der Waals surface area contributed by atoms with Crippen molar-refractivity contribution >= 4 is 33.3 Å². The highest BCUT2D eigenvalue weighted by atomic mass is 32.1. The van der Waals surface area contributed by atoms with E-state index >= 15 is 0 Å². The first kappa shape index (κ1) is 14.0. The normalized spacial score (nSPS) is 21.6. The van der Waals surface area contributed by atoms with Crippen molar-refractivity contribution in [2.45, 2.75) is 25.3 Å². The van der Waals surface area contributed by atoms with Gasteiger partial charge in [-0.05, 0) is 48.9 Å². The number of carboxylic acids is 1. The van der Waals surface area contributed by atoms with Crippen molar-refractivity contribution in [3.63, 3.8) is 0 Å². The number of amides is 1. The van der Waals surface area contributed by atoms with Crippen LogP contribution in [0.3, 0.4) is 0 Å². The van der Waals surface area contributed by atoms with Crippen molar-refractivity contribution in [2.24, 2.45) is 5.92 Å². The van der Waals surface area contributed by atoms with Gasteiger partial charge in [-0.1, -0.05) is 0 Å². The van der Waals surface area contributed by atoms with Crippen LogP contribution in [-0.4, -0.2) is 23.0 Å². The Morgan fingerprint density at radius 1 is 1.29 bits per heavy atom. The van der Waals surface area contributed by atoms with Gasteiger partial charge < -0.3 is 10.4 Å². The fourth-order valence-corrected chi connectivity index (χ4v) is 3.67. The molecule has 2 atom stereocenters. The van der Waals surface area contributed by atoms with Crippen LogP contribution in [0.2, 0.25) is 0 Å². The SMILES string of the molecule is O=C(NC1CCC(C(=O)O)C1)c1cc2cc(F)ccc2s1. The van der Waals surface area contributed by atoms with Crippen LogP contribution in [0.15, 0.2) is 24.3 Å². The van der Waals surface area contributed by atoms with Gasteiger partial charge in [0.05, 0.1) is 10.8 Å². The molecule has 21 heavy (non-hydrogen) atoms. The molecule has 1 amide bonds. The molecule has 1 saturated carbocycles. The van der Waals surface area contributed by atoms with E-state index in [4.69, 9.17) is 5.11 Å². The third kappa shape index (κ3) is 2.90. The third-order valence-electron chi connectivity index (χ3n) is 3.82. The number of carbonyl (C=O) groups excluding carboxylic acids is 1. The standard InChI is InChI=1S/C15H14FNO3S/c16-10-2-4-12-9(5-10)7-13(21-12)14(18)17-11-3-1-8(6-11)15(19)20/h2,4-5,7-8,11H,1,3,6H2,(H,17,18)(H,19,20). The molecule has 4 nitrogen and oxygen atoms in total. The van der Waals surface area contributed by atoms with Crippen molar-refractivity contribution in [3.8, 4) is 0 Å². The maximum atomic E-state index is 13.1. The third-order valence-corrected chi connectivity index (χ3v) is 4.93. The molecular formula is C15H14FNO3S. The molecule has 0 radical (unpaired) electrons. The number of thiophene rings is 1. The first-order valence-electron chi connectivity index (χ1n) is 6.75. The van der Waals surface area contributed by atoms with Crippen molar-refractivity contribution in [1.82, 2.24) is 5.32 Å². The summed E-state index contributed by atoms with van der Waals surface area (Å²) in [5.41, 5.74) is 0. The number of aliphatic carboxylic acids is 1. The van der Waals surface area contributed by atoms with Gasteiger partial charge in [0.15, 0.2) is 0 Å². The fourth-order valence-electron chi connectivity index (χ4n) is 2.72. The summed E-state index contributed by atoms with van der Waals surface area (Å²) in [5, 5.41) is 12.5. The van der Waals surface area contributed by atoms with Gasteiger partial charge in [-0.2, -0.15) is 0 Å². The zero-order chi connectivity index (χ0) is 15.0. The van der Waals surface area contributed by atoms with E-state index in [1.54, 1.807) is 12.1 Å². The molecule has 1 aromatic carbocycles. The summed E-state index contributed by atoms with van der Waals surface area (Å²) in [6.45, 7) is 0. The van der Waals surface area contributed by atoms with Gasteiger partial charge in [0.1, 0.15) is 5.82 Å². The molecule has 0 spiro atoms. The van der Waals surface area contributed by atoms with Gasteiger partial charge in [-0.3, -0.25) is 9.59 Å². The Balaban J connectivity index is 1.71. The lowest BCUT2D eigenvalue weighted by atomic mass is 10.1. The van der Waals surface area contributed by atoms with E-state index in [1.807, 2.05) is 0 Å². The minimum Gasteiger partial charge on any atom is -0.481 e. The summed E-state index contributed by atoms with van der Waals surface area (Å²) < 4.78 is 14.0. The first-order chi connectivity index (χ1) is 10.0. The molecule has 1 aliphatic rings. The van der Waals surface area contributed by atoms with E-state index in [0.717, 1.165) is 4.70 Å². The Kier molecular flexibility index (Phi) is 3.63. The van der Waals surface area contributed by atoms with Gasteiger partial charge in [0.2, 0.25) is 0 Å². The van der Waals surface area contributed by atoms with Crippen LogP contribution >= 0.6 is 11.3 Å². The van der Waals surface area contributed by atoms with Crippen molar-refractivity contribution in [2.75, 3.05) is 0 Å². The second kappa shape index (κ2) is 5.44. The summed E-state index contributed by atoms with van der Waals surface area (Å²) in [4.78, 5) is 23.6. The zero-order valence-corrected chi connectivity index (χ0v) is 12.0. The summed E-state index contributed by atoms with van der Waals surface area (Å²) in [5.74, 6) is -1.71. The lowest BCUT2D eigenvalue weighted by Crippen LogP contribution is -2.32. The largest absolute Gasteiger partial charge is 0.481 e. The van der Waals surface area contributed by atoms with Gasteiger partial charge in [0, 0.05) is 10.7 Å². The molecule has 1 aliphatic carbocycles. The summed E-state index contributed by atoms with van der Waals surface area (Å²) in [6, 6.07) is 6.00. The number of benzene rings is 1. The van der Waals surface area contributed by atoms with E-state index < -0.39 is 5.97 Å². The van der Waals surface area contributed by atoms with Crippen LogP contribution in [0.1, 0.15) is 28.9 Å². The molecule has 2 aromatic rings. The lowest BCUT2D eigenvalue weighted by molar-refractivity contribution is -0.141. The highest BCUT2D eigenvalue weighted by molar-refractivity contribution is 7.20. The number of carboxylic acid groups (broad SMARTS) is 1. The van der Waals surface area contributed by atoms with Crippen LogP contribution < -0.4 is 5.32 Å². The second-order valence-corrected chi connectivity index (χ2v) is 6.40. The van der Waals surface area contributed by atoms with Gasteiger partial charge in [0.25, 0.3) is 5.91 Å². The van der Waals surface area contributed by atoms with Crippen LogP contribution in [0, 0.1) is 11.7 Å². The van der Waals surface area contributed by atoms with Crippen LogP contribution in [0.4, 0.5) is 4.39 Å². The maximum Gasteiger partial charge on any atom is 0.306 e. The van der Waals surface area contributed by atoms with Crippen LogP contribution in [-0.2, 0) is 4.79 Å². The second-order valence-electron chi connectivity index (χ2n) is 5.31. The van der Waals surface area contributed by atoms with Crippen molar-refractivity contribution in [3.05, 3.63) is 35.0 Å². The number of hydrogen-bond donors (Lipinski definition) is 2. The monoisotopic (exact) mass is 307 g/mol. The molecule has 1 aromatic heterocycles. The van der Waals surface area contributed by atoms with E-state index in [-0.39, 0.29) is 23.7 Å². The maximum absolute atomic E-state index is 13.1. The Morgan fingerprint density at radius 3 is 2.81 bits per heavy atom. The zero-order valence-electron chi connectivity index (χ0n) is 11.1. The van der Waals surface area contributed by atoms with Crippen LogP contribution in [0.5, 0.6) is 0 Å². The molecule has 1 fully saturated rings. The quantitative estimate of drug-likeness (QED) is 0.916. The van der Waals surface area contributed by atoms with Crippen molar-refractivity contribution in [1.29, 1.82) is 0 Å². The minimum atomic E-state index is -0.802. The molecule has 0 saturated heterocycles. The van der Waals surface area contributed by atoms with E-state index in [2.05, 4.69) is 5.32 Å². The van der Waals surface area contributed by atoms with E-state index in [0.29, 0.717) is 29.5 Å². The summed E-state index contributed by atoms with van der Waals surface area (Å²) in [6.07, 6.45) is 1.75. The average Bonchev–Trinajstić information content (AvgIpc) is 3.04. The topological polar surface area (TPSA) is 66.4 Å². The minimum absolute atomic E-state index is 0.0967. The van der Waals surface area contributed by atoms with E-state index in [9.17, 15) is 14.0 Å². The number of hydrogen-bond acceptors (Lipinski definition) is 3. The molecule has 0 aliphatic heterocycles. The van der Waals surface area contributed by atoms with Crippen molar-refractivity contribution < 1.29 is 19.1 Å². The fraction of sp³-hybridized carbons (Fsp3) is 0.333. The lowest BCUT2D eigenvalue weighted by Gasteiger charge is -2.11. The van der Waals surface area contributed by atoms with Crippen LogP contribution in [0.25, 0.3) is 10.1 Å². The Hall–Kier alpha value is -1.95. The molecule has 6 heteroatoms. The Bertz CT molecular complexity index is 712. The number of carbonyl (C=O) groups is 2. The van der Waals surface area contributed by atoms with E-state index in [1.165, 1.54) is 23.5 Å². The number of fused-ring (bicyclic) bond motifs is 1. The summed E-state index contributed by atoms with van der Waals surface area (Å²) >= 11 is 1.31. The number of halogens is 1. The van der Waals surface area contributed by atoms with Gasteiger partial charge in [-0.15, -0.1) is 11.3 Å². The molecule has 2 N–H and O–H groups in total. The number of rotatable bonds is 3. The highest BCUT2D eigenvalue weighted by Gasteiger charge is 2.30. The smallest absolute Gasteiger partial charge is 0.306 e. The first-order valence-corrected chi connectivity index (χ1v) is 7.57. The Labute approximate surface area is 124 Å². The van der Waals surface area contributed by atoms with Gasteiger partial charge in [-0.25, -0.2) is 4.39 Å². The molecule has 110 valence electrons. The predicted molar refractivity (Wildman–Crippen MR) is 78.0 cm³/mol. The molecule has 3 rings (SSSR count). The Morgan fingerprint density at radius 2 is 2.10 bits per heavy atom. The molecule has 1 heterocycles. The molecule has 0 bridgehead atoms. The number of nitrogens with one attached hydrogen (secondary N) is 1. The average molecular weight is 307 g/mol. The summed E-state index contributed by atoms with van der Waals surface area (Å²) in [7, 11) is 0. The predicted octanol–water partition coefficient (Wildman–Crippen LogP) is 3.02.